The van der Waals surface area contributed by atoms with Crippen molar-refractivity contribution in [2.75, 3.05) is 33.9 Å². The summed E-state index contributed by atoms with van der Waals surface area (Å²) in [5.41, 5.74) is 2.55. The lowest BCUT2D eigenvalue weighted by Crippen LogP contribution is -2.44. The van der Waals surface area contributed by atoms with Crippen LogP contribution in [0, 0.1) is 0 Å². The van der Waals surface area contributed by atoms with Crippen LogP contribution in [-0.2, 0) is 19.4 Å². The minimum absolute atomic E-state index is 0.279. The van der Waals surface area contributed by atoms with Crippen molar-refractivity contribution >= 4 is 5.96 Å². The third kappa shape index (κ3) is 5.23. The lowest BCUT2D eigenvalue weighted by Gasteiger charge is -2.32. The SMILES string of the molecule is CCNC(=NCCCc1nc(C(C)C)no1)N1CCc2cc(OC)c(OC)cc2C1. The molecule has 0 bridgehead atoms. The second-order valence-electron chi connectivity index (χ2n) is 7.69. The van der Waals surface area contributed by atoms with E-state index in [1.807, 2.05) is 0 Å². The van der Waals surface area contributed by atoms with E-state index in [9.17, 15) is 0 Å². The van der Waals surface area contributed by atoms with Crippen LogP contribution in [0.3, 0.4) is 0 Å². The van der Waals surface area contributed by atoms with Gasteiger partial charge in [0.05, 0.1) is 14.2 Å². The predicted molar refractivity (Wildman–Crippen MR) is 116 cm³/mol. The van der Waals surface area contributed by atoms with Crippen LogP contribution in [0.25, 0.3) is 0 Å². The van der Waals surface area contributed by atoms with Crippen LogP contribution in [0.5, 0.6) is 11.5 Å². The van der Waals surface area contributed by atoms with Gasteiger partial charge in [-0.2, -0.15) is 4.98 Å². The van der Waals surface area contributed by atoms with Crippen molar-refractivity contribution in [1.29, 1.82) is 0 Å². The molecule has 0 amide bonds. The van der Waals surface area contributed by atoms with Crippen LogP contribution < -0.4 is 14.8 Å². The van der Waals surface area contributed by atoms with Crippen molar-refractivity contribution in [3.05, 3.63) is 35.0 Å². The number of ether oxygens (including phenoxy) is 2. The average Bonchev–Trinajstić information content (AvgIpc) is 3.24. The number of methoxy groups -OCH3 is 2. The number of nitrogens with zero attached hydrogens (tertiary/aromatic N) is 4. The van der Waals surface area contributed by atoms with Gasteiger partial charge in [0.1, 0.15) is 0 Å². The van der Waals surface area contributed by atoms with Crippen LogP contribution in [0.1, 0.15) is 56.0 Å². The molecule has 0 unspecified atom stereocenters. The smallest absolute Gasteiger partial charge is 0.226 e. The Kier molecular flexibility index (Phi) is 7.54. The standard InChI is InChI=1S/C22H33N5O3/c1-6-23-22(24-10-7-8-20-25-21(15(2)3)26-30-20)27-11-9-16-12-18(28-4)19(29-5)13-17(16)14-27/h12-13,15H,6-11,14H2,1-5H3,(H,23,24). The molecule has 0 fully saturated rings. The highest BCUT2D eigenvalue weighted by Gasteiger charge is 2.21. The maximum absolute atomic E-state index is 5.47. The third-order valence-electron chi connectivity index (χ3n) is 5.16. The van der Waals surface area contributed by atoms with Gasteiger partial charge in [-0.15, -0.1) is 0 Å². The first kappa shape index (κ1) is 21.9. The number of guanidine groups is 1. The number of aromatic nitrogens is 2. The minimum Gasteiger partial charge on any atom is -0.493 e. The quantitative estimate of drug-likeness (QED) is 0.403. The minimum atomic E-state index is 0.279. The molecule has 1 N–H and O–H groups in total. The van der Waals surface area contributed by atoms with Gasteiger partial charge in [-0.25, -0.2) is 0 Å². The van der Waals surface area contributed by atoms with E-state index in [2.05, 4.69) is 53.3 Å². The molecule has 8 nitrogen and oxygen atoms in total. The summed E-state index contributed by atoms with van der Waals surface area (Å²) in [6, 6.07) is 4.16. The van der Waals surface area contributed by atoms with Gasteiger partial charge >= 0.3 is 0 Å². The Hall–Kier alpha value is -2.77. The summed E-state index contributed by atoms with van der Waals surface area (Å²) in [4.78, 5) is 11.6. The summed E-state index contributed by atoms with van der Waals surface area (Å²) in [5.74, 6) is 4.22. The van der Waals surface area contributed by atoms with Gasteiger partial charge in [0.15, 0.2) is 23.3 Å². The summed E-state index contributed by atoms with van der Waals surface area (Å²) >= 11 is 0. The van der Waals surface area contributed by atoms with E-state index in [1.165, 1.54) is 11.1 Å². The molecule has 0 aliphatic carbocycles. The topological polar surface area (TPSA) is 85.0 Å². The van der Waals surface area contributed by atoms with E-state index >= 15 is 0 Å². The van der Waals surface area contributed by atoms with Crippen LogP contribution in [0.4, 0.5) is 0 Å². The highest BCUT2D eigenvalue weighted by Crippen LogP contribution is 2.33. The maximum Gasteiger partial charge on any atom is 0.226 e. The van der Waals surface area contributed by atoms with Gasteiger partial charge < -0.3 is 24.2 Å². The molecule has 1 aromatic heterocycles. The average molecular weight is 416 g/mol. The van der Waals surface area contributed by atoms with Crippen molar-refractivity contribution in [3.8, 4) is 11.5 Å². The van der Waals surface area contributed by atoms with E-state index in [0.29, 0.717) is 12.4 Å². The molecule has 2 heterocycles. The number of benzene rings is 1. The molecular formula is C22H33N5O3. The van der Waals surface area contributed by atoms with E-state index in [1.54, 1.807) is 14.2 Å². The van der Waals surface area contributed by atoms with Crippen molar-refractivity contribution in [1.82, 2.24) is 20.4 Å². The Morgan fingerprint density at radius 1 is 1.23 bits per heavy atom. The molecule has 0 spiro atoms. The Bertz CT molecular complexity index is 862. The Morgan fingerprint density at radius 2 is 1.97 bits per heavy atom. The number of nitrogens with one attached hydrogen (secondary N) is 1. The first-order valence-corrected chi connectivity index (χ1v) is 10.6. The van der Waals surface area contributed by atoms with Gasteiger partial charge in [0, 0.05) is 38.5 Å². The molecule has 8 heteroatoms. The van der Waals surface area contributed by atoms with Crippen LogP contribution in [-0.4, -0.2) is 54.9 Å². The fourth-order valence-electron chi connectivity index (χ4n) is 3.51. The summed E-state index contributed by atoms with van der Waals surface area (Å²) < 4.78 is 16.2. The summed E-state index contributed by atoms with van der Waals surface area (Å²) in [5, 5.41) is 7.44. The summed E-state index contributed by atoms with van der Waals surface area (Å²) in [6.07, 6.45) is 2.55. The molecule has 1 aliphatic heterocycles. The lowest BCUT2D eigenvalue weighted by atomic mass is 9.99. The summed E-state index contributed by atoms with van der Waals surface area (Å²) in [6.45, 7) is 9.45. The predicted octanol–water partition coefficient (Wildman–Crippen LogP) is 3.17. The Labute approximate surface area is 178 Å². The normalized spacial score (nSPS) is 14.1. The highest BCUT2D eigenvalue weighted by molar-refractivity contribution is 5.80. The molecule has 0 saturated carbocycles. The van der Waals surface area contributed by atoms with Crippen LogP contribution in [0.15, 0.2) is 21.6 Å². The number of rotatable bonds is 8. The molecular weight excluding hydrogens is 382 g/mol. The van der Waals surface area contributed by atoms with Crippen molar-refractivity contribution in [3.63, 3.8) is 0 Å². The highest BCUT2D eigenvalue weighted by atomic mass is 16.5. The first-order chi connectivity index (χ1) is 14.5. The van der Waals surface area contributed by atoms with Gasteiger partial charge in [-0.1, -0.05) is 19.0 Å². The molecule has 3 rings (SSSR count). The molecule has 164 valence electrons. The molecule has 0 radical (unpaired) electrons. The summed E-state index contributed by atoms with van der Waals surface area (Å²) in [7, 11) is 3.34. The van der Waals surface area contributed by atoms with E-state index in [-0.39, 0.29) is 5.92 Å². The largest absolute Gasteiger partial charge is 0.493 e. The molecule has 0 saturated heterocycles. The first-order valence-electron chi connectivity index (χ1n) is 10.6. The molecule has 1 aliphatic rings. The number of aliphatic imine (C=N–C) groups is 1. The van der Waals surface area contributed by atoms with Gasteiger partial charge in [0.2, 0.25) is 5.89 Å². The zero-order valence-electron chi connectivity index (χ0n) is 18.7. The molecule has 30 heavy (non-hydrogen) atoms. The van der Waals surface area contributed by atoms with Gasteiger partial charge in [-0.3, -0.25) is 4.99 Å². The van der Waals surface area contributed by atoms with Gasteiger partial charge in [-0.05, 0) is 43.0 Å². The number of hydrogen-bond donors (Lipinski definition) is 1. The van der Waals surface area contributed by atoms with E-state index < -0.39 is 0 Å². The number of hydrogen-bond acceptors (Lipinski definition) is 6. The van der Waals surface area contributed by atoms with Crippen LogP contribution in [0.2, 0.25) is 0 Å². The molecule has 0 atom stereocenters. The van der Waals surface area contributed by atoms with Crippen molar-refractivity contribution < 1.29 is 14.0 Å². The maximum atomic E-state index is 5.47. The van der Waals surface area contributed by atoms with E-state index in [0.717, 1.165) is 62.2 Å². The zero-order chi connectivity index (χ0) is 21.5. The van der Waals surface area contributed by atoms with Crippen LogP contribution >= 0.6 is 0 Å². The Balaban J connectivity index is 1.63. The fourth-order valence-corrected chi connectivity index (χ4v) is 3.51. The van der Waals surface area contributed by atoms with Gasteiger partial charge in [0.25, 0.3) is 0 Å². The lowest BCUT2D eigenvalue weighted by molar-refractivity contribution is 0.345. The zero-order valence-corrected chi connectivity index (χ0v) is 18.7. The second-order valence-corrected chi connectivity index (χ2v) is 7.69. The monoisotopic (exact) mass is 415 g/mol. The van der Waals surface area contributed by atoms with Crippen molar-refractivity contribution in [2.24, 2.45) is 4.99 Å². The number of fused-ring (bicyclic) bond motifs is 1. The van der Waals surface area contributed by atoms with Crippen molar-refractivity contribution in [2.45, 2.75) is 52.5 Å². The Morgan fingerprint density at radius 3 is 2.60 bits per heavy atom. The van der Waals surface area contributed by atoms with E-state index in [4.69, 9.17) is 19.0 Å². The second kappa shape index (κ2) is 10.3. The molecule has 2 aromatic rings. The molecule has 1 aromatic carbocycles. The number of aryl methyl sites for hydroxylation is 1. The fraction of sp³-hybridized carbons (Fsp3) is 0.591. The third-order valence-corrected chi connectivity index (χ3v) is 5.16.